The van der Waals surface area contributed by atoms with E-state index in [9.17, 15) is 19.8 Å². The molecule has 2 rings (SSSR count). The molecule has 0 spiro atoms. The molecule has 0 heterocycles. The van der Waals surface area contributed by atoms with Crippen LogP contribution in [0.15, 0.2) is 12.1 Å². The molecule has 2 N–H and O–H groups in total. The number of methoxy groups -OCH3 is 1. The van der Waals surface area contributed by atoms with Gasteiger partial charge in [-0.25, -0.2) is 4.79 Å². The summed E-state index contributed by atoms with van der Waals surface area (Å²) in [4.78, 5) is 24.2. The van der Waals surface area contributed by atoms with Crippen molar-refractivity contribution >= 4 is 11.9 Å². The molecule has 1 fully saturated rings. The summed E-state index contributed by atoms with van der Waals surface area (Å²) in [5.41, 5.74) is 0.370. The minimum atomic E-state index is -1.03. The van der Waals surface area contributed by atoms with Crippen molar-refractivity contribution in [1.29, 1.82) is 0 Å². The predicted octanol–water partition coefficient (Wildman–Crippen LogP) is 4.69. The summed E-state index contributed by atoms with van der Waals surface area (Å²) in [5, 5.41) is 19.8. The summed E-state index contributed by atoms with van der Waals surface area (Å²) in [6.45, 7) is 9.78. The lowest BCUT2D eigenvalue weighted by Crippen LogP contribution is -2.49. The van der Waals surface area contributed by atoms with Crippen LogP contribution in [0.25, 0.3) is 0 Å². The summed E-state index contributed by atoms with van der Waals surface area (Å²) in [6, 6.07) is 3.42. The number of aromatic carboxylic acids is 1. The fourth-order valence-electron chi connectivity index (χ4n) is 4.83. The highest BCUT2D eigenvalue weighted by molar-refractivity contribution is 5.91. The van der Waals surface area contributed by atoms with Crippen LogP contribution >= 0.6 is 0 Å². The third-order valence-electron chi connectivity index (χ3n) is 6.02. The lowest BCUT2D eigenvalue weighted by atomic mass is 9.53. The van der Waals surface area contributed by atoms with Crippen molar-refractivity contribution in [2.24, 2.45) is 11.3 Å². The summed E-state index contributed by atoms with van der Waals surface area (Å²) in [7, 11) is 1.56. The molecule has 0 radical (unpaired) electrons. The third-order valence-corrected chi connectivity index (χ3v) is 6.02. The number of hydrogen-bond donors (Lipinski definition) is 2. The first-order valence-corrected chi connectivity index (χ1v) is 9.14. The molecule has 0 unspecified atom stereocenters. The first-order valence-electron chi connectivity index (χ1n) is 9.14. The van der Waals surface area contributed by atoms with Gasteiger partial charge in [-0.3, -0.25) is 4.79 Å². The first kappa shape index (κ1) is 20.3. The molecule has 1 aliphatic carbocycles. The molecule has 1 aromatic carbocycles. The largest absolute Gasteiger partial charge is 0.496 e. The highest BCUT2D eigenvalue weighted by Crippen LogP contribution is 2.54. The number of benzene rings is 1. The third kappa shape index (κ3) is 3.31. The maximum absolute atomic E-state index is 12.2. The van der Waals surface area contributed by atoms with E-state index in [1.165, 1.54) is 0 Å². The zero-order valence-corrected chi connectivity index (χ0v) is 16.5. The van der Waals surface area contributed by atoms with E-state index in [1.54, 1.807) is 19.2 Å². The molecule has 1 aromatic rings. The normalized spacial score (nSPS) is 25.1. The van der Waals surface area contributed by atoms with Crippen molar-refractivity contribution in [2.75, 3.05) is 7.11 Å². The minimum absolute atomic E-state index is 0.1000. The average molecular weight is 362 g/mol. The van der Waals surface area contributed by atoms with Crippen LogP contribution < -0.4 is 4.74 Å². The Bertz CT molecular complexity index is 719. The van der Waals surface area contributed by atoms with Crippen molar-refractivity contribution in [3.05, 3.63) is 28.8 Å². The highest BCUT2D eigenvalue weighted by atomic mass is 16.5. The second-order valence-corrected chi connectivity index (χ2v) is 8.63. The number of hydrogen-bond acceptors (Lipinski definition) is 3. The van der Waals surface area contributed by atoms with Gasteiger partial charge in [0.05, 0.1) is 18.6 Å². The van der Waals surface area contributed by atoms with Gasteiger partial charge in [-0.1, -0.05) is 41.0 Å². The van der Waals surface area contributed by atoms with Crippen molar-refractivity contribution in [3.63, 3.8) is 0 Å². The van der Waals surface area contributed by atoms with Gasteiger partial charge in [-0.05, 0) is 47.4 Å². The molecule has 0 bridgehead atoms. The number of carboxylic acid groups (broad SMARTS) is 2. The van der Waals surface area contributed by atoms with Crippen LogP contribution in [-0.2, 0) is 10.2 Å². The molecule has 2 atom stereocenters. The lowest BCUT2D eigenvalue weighted by molar-refractivity contribution is -0.152. The van der Waals surface area contributed by atoms with E-state index in [2.05, 4.69) is 0 Å². The number of ether oxygens (including phenoxy) is 1. The quantitative estimate of drug-likeness (QED) is 0.794. The van der Waals surface area contributed by atoms with Crippen LogP contribution in [0.1, 0.15) is 81.3 Å². The Morgan fingerprint density at radius 2 is 1.77 bits per heavy atom. The zero-order chi connectivity index (χ0) is 19.9. The fraction of sp³-hybridized carbons (Fsp3) is 0.619. The van der Waals surface area contributed by atoms with Crippen LogP contribution in [0, 0.1) is 11.3 Å². The molecule has 5 heteroatoms. The lowest BCUT2D eigenvalue weighted by Gasteiger charge is -2.49. The van der Waals surface area contributed by atoms with Gasteiger partial charge >= 0.3 is 11.9 Å². The summed E-state index contributed by atoms with van der Waals surface area (Å²) in [5.74, 6) is -1.85. The number of rotatable bonds is 5. The SMILES string of the molecule is COc1cc([C@@]2(C)CCCC(C)(C)[C@@H]2C(=O)O)c(C(=O)O)cc1C(C)C. The van der Waals surface area contributed by atoms with Crippen LogP contribution in [0.5, 0.6) is 5.75 Å². The van der Waals surface area contributed by atoms with Gasteiger partial charge in [0.25, 0.3) is 0 Å². The summed E-state index contributed by atoms with van der Waals surface area (Å²) in [6.07, 6.45) is 2.31. The number of carboxylic acids is 2. The first-order chi connectivity index (χ1) is 12.0. The van der Waals surface area contributed by atoms with Gasteiger partial charge in [0.15, 0.2) is 0 Å². The second kappa shape index (κ2) is 6.93. The summed E-state index contributed by atoms with van der Waals surface area (Å²) < 4.78 is 5.53. The van der Waals surface area contributed by atoms with Gasteiger partial charge in [-0.15, -0.1) is 0 Å². The second-order valence-electron chi connectivity index (χ2n) is 8.63. The maximum Gasteiger partial charge on any atom is 0.335 e. The zero-order valence-electron chi connectivity index (χ0n) is 16.5. The van der Waals surface area contributed by atoms with E-state index in [0.717, 1.165) is 18.4 Å². The Hall–Kier alpha value is -2.04. The highest BCUT2D eigenvalue weighted by Gasteiger charge is 2.52. The topological polar surface area (TPSA) is 83.8 Å². The van der Waals surface area contributed by atoms with E-state index in [-0.39, 0.29) is 11.5 Å². The Morgan fingerprint density at radius 1 is 1.15 bits per heavy atom. The number of carbonyl (C=O) groups is 2. The Balaban J connectivity index is 2.79. The Kier molecular flexibility index (Phi) is 5.41. The monoisotopic (exact) mass is 362 g/mol. The van der Waals surface area contributed by atoms with Gasteiger partial charge in [0, 0.05) is 5.41 Å². The van der Waals surface area contributed by atoms with Crippen LogP contribution in [0.4, 0.5) is 0 Å². The molecule has 1 aliphatic rings. The van der Waals surface area contributed by atoms with E-state index < -0.39 is 28.7 Å². The smallest absolute Gasteiger partial charge is 0.335 e. The molecule has 5 nitrogen and oxygen atoms in total. The molecule has 0 aromatic heterocycles. The van der Waals surface area contributed by atoms with E-state index in [1.807, 2.05) is 34.6 Å². The van der Waals surface area contributed by atoms with Gasteiger partial charge < -0.3 is 14.9 Å². The Labute approximate surface area is 155 Å². The molecular weight excluding hydrogens is 332 g/mol. The van der Waals surface area contributed by atoms with Crippen molar-refractivity contribution < 1.29 is 24.5 Å². The van der Waals surface area contributed by atoms with Gasteiger partial charge in [-0.2, -0.15) is 0 Å². The molecular formula is C21H30O5. The summed E-state index contributed by atoms with van der Waals surface area (Å²) >= 11 is 0. The van der Waals surface area contributed by atoms with E-state index >= 15 is 0 Å². The van der Waals surface area contributed by atoms with Crippen LogP contribution in [-0.4, -0.2) is 29.3 Å². The Morgan fingerprint density at radius 3 is 2.23 bits per heavy atom. The molecule has 0 amide bonds. The molecule has 144 valence electrons. The maximum atomic E-state index is 12.2. The van der Waals surface area contributed by atoms with Crippen LogP contribution in [0.2, 0.25) is 0 Å². The van der Waals surface area contributed by atoms with Gasteiger partial charge in [0.2, 0.25) is 0 Å². The minimum Gasteiger partial charge on any atom is -0.496 e. The van der Waals surface area contributed by atoms with Crippen molar-refractivity contribution in [2.45, 2.75) is 65.2 Å². The molecule has 0 saturated heterocycles. The molecule has 26 heavy (non-hydrogen) atoms. The molecule has 1 saturated carbocycles. The van der Waals surface area contributed by atoms with Crippen molar-refractivity contribution in [1.82, 2.24) is 0 Å². The molecule has 0 aliphatic heterocycles. The van der Waals surface area contributed by atoms with E-state index in [4.69, 9.17) is 4.74 Å². The van der Waals surface area contributed by atoms with Crippen molar-refractivity contribution in [3.8, 4) is 5.75 Å². The standard InChI is InChI=1S/C21H30O5/c1-12(2)13-10-14(18(22)23)15(11-16(13)26-6)21(5)9-7-8-20(3,4)17(21)19(24)25/h10-12,17H,7-9H2,1-6H3,(H,22,23)(H,24,25)/t17-,21+/m0/s1. The predicted molar refractivity (Wildman–Crippen MR) is 100 cm³/mol. The fourth-order valence-corrected chi connectivity index (χ4v) is 4.83. The van der Waals surface area contributed by atoms with E-state index in [0.29, 0.717) is 17.7 Å². The van der Waals surface area contributed by atoms with Crippen LogP contribution in [0.3, 0.4) is 0 Å². The average Bonchev–Trinajstić information content (AvgIpc) is 2.51. The number of aliphatic carboxylic acids is 1. The van der Waals surface area contributed by atoms with Gasteiger partial charge in [0.1, 0.15) is 5.75 Å².